The predicted octanol–water partition coefficient (Wildman–Crippen LogP) is 6.29. The Labute approximate surface area is 229 Å². The van der Waals surface area contributed by atoms with Gasteiger partial charge in [-0.05, 0) is 61.2 Å². The van der Waals surface area contributed by atoms with Gasteiger partial charge in [-0.3, -0.25) is 4.79 Å². The number of nitrogens with one attached hydrogen (secondary N) is 2. The van der Waals surface area contributed by atoms with Crippen molar-refractivity contribution in [2.75, 3.05) is 30.8 Å². The SMILES string of the molecule is COc1ccc(-n2nc(-c3ccccc3)cc2NC(=O)CN(CC(C)C)C(=O)Nc2cccc(C)c2C)cc1. The van der Waals surface area contributed by atoms with Crippen molar-refractivity contribution in [3.05, 3.63) is 90.0 Å². The minimum atomic E-state index is -0.318. The van der Waals surface area contributed by atoms with Gasteiger partial charge in [-0.2, -0.15) is 5.10 Å². The van der Waals surface area contributed by atoms with E-state index in [1.54, 1.807) is 11.8 Å². The number of ether oxygens (including phenoxy) is 1. The summed E-state index contributed by atoms with van der Waals surface area (Å²) in [5.41, 5.74) is 5.22. The van der Waals surface area contributed by atoms with Crippen molar-refractivity contribution in [2.45, 2.75) is 27.7 Å². The van der Waals surface area contributed by atoms with Crippen LogP contribution in [0.3, 0.4) is 0 Å². The van der Waals surface area contributed by atoms with E-state index in [2.05, 4.69) is 10.6 Å². The maximum Gasteiger partial charge on any atom is 0.322 e. The largest absolute Gasteiger partial charge is 0.497 e. The summed E-state index contributed by atoms with van der Waals surface area (Å²) in [6.45, 7) is 8.32. The number of aromatic nitrogens is 2. The van der Waals surface area contributed by atoms with Crippen LogP contribution in [0.15, 0.2) is 78.9 Å². The number of urea groups is 1. The van der Waals surface area contributed by atoms with Crippen molar-refractivity contribution in [1.29, 1.82) is 0 Å². The Morgan fingerprint density at radius 3 is 2.33 bits per heavy atom. The second-order valence-electron chi connectivity index (χ2n) is 9.89. The number of methoxy groups -OCH3 is 1. The van der Waals surface area contributed by atoms with Crippen LogP contribution in [0.25, 0.3) is 16.9 Å². The number of benzene rings is 3. The maximum absolute atomic E-state index is 13.3. The van der Waals surface area contributed by atoms with E-state index in [4.69, 9.17) is 9.84 Å². The molecule has 0 fully saturated rings. The van der Waals surface area contributed by atoms with Gasteiger partial charge in [-0.1, -0.05) is 56.3 Å². The lowest BCUT2D eigenvalue weighted by Gasteiger charge is -2.25. The van der Waals surface area contributed by atoms with Gasteiger partial charge in [0.25, 0.3) is 0 Å². The van der Waals surface area contributed by atoms with Crippen LogP contribution in [0, 0.1) is 19.8 Å². The van der Waals surface area contributed by atoms with E-state index in [1.165, 1.54) is 4.90 Å². The van der Waals surface area contributed by atoms with Gasteiger partial charge in [0.1, 0.15) is 18.1 Å². The quantitative estimate of drug-likeness (QED) is 0.269. The zero-order valence-electron chi connectivity index (χ0n) is 23.1. The van der Waals surface area contributed by atoms with E-state index in [1.807, 2.05) is 107 Å². The van der Waals surface area contributed by atoms with E-state index in [-0.39, 0.29) is 24.4 Å². The lowest BCUT2D eigenvalue weighted by Crippen LogP contribution is -2.42. The topological polar surface area (TPSA) is 88.5 Å². The molecular formula is C31H35N5O3. The fourth-order valence-electron chi connectivity index (χ4n) is 4.24. The van der Waals surface area contributed by atoms with Crippen molar-refractivity contribution in [3.63, 3.8) is 0 Å². The molecule has 4 rings (SSSR count). The molecule has 202 valence electrons. The maximum atomic E-state index is 13.3. The standard InChI is InChI=1S/C31H35N5O3/c1-21(2)19-35(31(38)32-27-13-9-10-22(3)23(27)4)20-30(37)33-29-18-28(24-11-7-6-8-12-24)34-36(29)25-14-16-26(39-5)17-15-25/h6-18,21H,19-20H2,1-5H3,(H,32,38)(H,33,37). The van der Waals surface area contributed by atoms with Crippen molar-refractivity contribution in [3.8, 4) is 22.7 Å². The molecule has 0 unspecified atom stereocenters. The Bertz CT molecular complexity index is 1430. The molecule has 8 nitrogen and oxygen atoms in total. The highest BCUT2D eigenvalue weighted by molar-refractivity contribution is 5.97. The van der Waals surface area contributed by atoms with E-state index in [9.17, 15) is 9.59 Å². The van der Waals surface area contributed by atoms with Crippen LogP contribution in [0.5, 0.6) is 5.75 Å². The first-order valence-electron chi connectivity index (χ1n) is 13.0. The van der Waals surface area contributed by atoms with E-state index >= 15 is 0 Å². The fraction of sp³-hybridized carbons (Fsp3) is 0.258. The van der Waals surface area contributed by atoms with Crippen LogP contribution >= 0.6 is 0 Å². The third-order valence-corrected chi connectivity index (χ3v) is 6.42. The minimum Gasteiger partial charge on any atom is -0.497 e. The summed E-state index contributed by atoms with van der Waals surface area (Å²) in [5, 5.41) is 10.7. The minimum absolute atomic E-state index is 0.108. The van der Waals surface area contributed by atoms with Gasteiger partial charge in [0.05, 0.1) is 18.5 Å². The highest BCUT2D eigenvalue weighted by Gasteiger charge is 2.21. The number of aryl methyl sites for hydroxylation is 1. The van der Waals surface area contributed by atoms with Gasteiger partial charge in [-0.15, -0.1) is 0 Å². The fourth-order valence-corrected chi connectivity index (χ4v) is 4.24. The first kappa shape index (κ1) is 27.4. The molecule has 0 saturated heterocycles. The van der Waals surface area contributed by atoms with Crippen LogP contribution < -0.4 is 15.4 Å². The molecule has 0 atom stereocenters. The molecule has 0 radical (unpaired) electrons. The van der Waals surface area contributed by atoms with Crippen LogP contribution in [-0.2, 0) is 4.79 Å². The summed E-state index contributed by atoms with van der Waals surface area (Å²) < 4.78 is 6.97. The number of nitrogens with zero attached hydrogens (tertiary/aromatic N) is 3. The van der Waals surface area contributed by atoms with E-state index < -0.39 is 0 Å². The molecule has 0 saturated carbocycles. The predicted molar refractivity (Wildman–Crippen MR) is 156 cm³/mol. The molecule has 2 N–H and O–H groups in total. The molecule has 1 heterocycles. The third-order valence-electron chi connectivity index (χ3n) is 6.42. The molecule has 0 aliphatic rings. The van der Waals surface area contributed by atoms with Crippen LogP contribution in [-0.4, -0.2) is 46.8 Å². The zero-order chi connectivity index (χ0) is 27.9. The monoisotopic (exact) mass is 525 g/mol. The van der Waals surface area contributed by atoms with Gasteiger partial charge >= 0.3 is 6.03 Å². The summed E-state index contributed by atoms with van der Waals surface area (Å²) in [5.74, 6) is 1.08. The molecule has 0 spiro atoms. The van der Waals surface area contributed by atoms with Crippen molar-refractivity contribution < 1.29 is 14.3 Å². The first-order chi connectivity index (χ1) is 18.7. The smallest absolute Gasteiger partial charge is 0.322 e. The summed E-state index contributed by atoms with van der Waals surface area (Å²) >= 11 is 0. The average Bonchev–Trinajstić information content (AvgIpc) is 3.34. The van der Waals surface area contributed by atoms with Crippen molar-refractivity contribution in [2.24, 2.45) is 5.92 Å². The number of hydrogen-bond donors (Lipinski definition) is 2. The Hall–Kier alpha value is -4.59. The molecule has 1 aromatic heterocycles. The lowest BCUT2D eigenvalue weighted by atomic mass is 10.1. The van der Waals surface area contributed by atoms with Gasteiger partial charge in [0, 0.05) is 23.9 Å². The first-order valence-corrected chi connectivity index (χ1v) is 13.0. The van der Waals surface area contributed by atoms with Crippen LogP contribution in [0.1, 0.15) is 25.0 Å². The molecule has 3 aromatic carbocycles. The highest BCUT2D eigenvalue weighted by atomic mass is 16.5. The number of hydrogen-bond acceptors (Lipinski definition) is 4. The lowest BCUT2D eigenvalue weighted by molar-refractivity contribution is -0.116. The average molecular weight is 526 g/mol. The van der Waals surface area contributed by atoms with Crippen LogP contribution in [0.2, 0.25) is 0 Å². The molecule has 3 amide bonds. The van der Waals surface area contributed by atoms with Gasteiger partial charge in [0.2, 0.25) is 5.91 Å². The number of carbonyl (C=O) groups excluding carboxylic acids is 2. The van der Waals surface area contributed by atoms with Crippen molar-refractivity contribution >= 4 is 23.4 Å². The molecule has 4 aromatic rings. The Morgan fingerprint density at radius 2 is 1.67 bits per heavy atom. The Morgan fingerprint density at radius 1 is 0.949 bits per heavy atom. The number of amides is 3. The number of anilines is 2. The van der Waals surface area contributed by atoms with Gasteiger partial charge < -0.3 is 20.3 Å². The second kappa shape index (κ2) is 12.3. The molecular weight excluding hydrogens is 490 g/mol. The van der Waals surface area contributed by atoms with Gasteiger partial charge in [-0.25, -0.2) is 9.48 Å². The summed E-state index contributed by atoms with van der Waals surface area (Å²) in [6.07, 6.45) is 0. The molecule has 8 heteroatoms. The summed E-state index contributed by atoms with van der Waals surface area (Å²) in [6, 6.07) is 24.5. The van der Waals surface area contributed by atoms with E-state index in [0.717, 1.165) is 33.8 Å². The molecule has 0 bridgehead atoms. The Kier molecular flexibility index (Phi) is 8.66. The van der Waals surface area contributed by atoms with Crippen molar-refractivity contribution in [1.82, 2.24) is 14.7 Å². The normalized spacial score (nSPS) is 10.8. The molecule has 39 heavy (non-hydrogen) atoms. The summed E-state index contributed by atoms with van der Waals surface area (Å²) in [7, 11) is 1.61. The number of rotatable bonds is 9. The van der Waals surface area contributed by atoms with E-state index in [0.29, 0.717) is 18.1 Å². The molecule has 0 aliphatic heterocycles. The number of carbonyl (C=O) groups is 2. The second-order valence-corrected chi connectivity index (χ2v) is 9.89. The third kappa shape index (κ3) is 6.84. The van der Waals surface area contributed by atoms with Crippen LogP contribution in [0.4, 0.5) is 16.3 Å². The summed E-state index contributed by atoms with van der Waals surface area (Å²) in [4.78, 5) is 28.1. The van der Waals surface area contributed by atoms with Gasteiger partial charge in [0.15, 0.2) is 0 Å². The Balaban J connectivity index is 1.58. The highest BCUT2D eigenvalue weighted by Crippen LogP contribution is 2.26. The molecule has 0 aliphatic carbocycles. The zero-order valence-corrected chi connectivity index (χ0v) is 23.1.